The van der Waals surface area contributed by atoms with E-state index in [1.54, 1.807) is 17.6 Å². The molecule has 4 heterocycles. The molecule has 156 valence electrons. The minimum Gasteiger partial charge on any atom is -0.459 e. The molecular weight excluding hydrogens is 401 g/mol. The third-order valence-electron chi connectivity index (χ3n) is 6.88. The minimum absolute atomic E-state index is 0.146. The van der Waals surface area contributed by atoms with Gasteiger partial charge in [0.1, 0.15) is 12.4 Å². The lowest BCUT2D eigenvalue weighted by Gasteiger charge is -2.23. The largest absolute Gasteiger partial charge is 0.459 e. The molecule has 0 bridgehead atoms. The predicted molar refractivity (Wildman–Crippen MR) is 111 cm³/mol. The summed E-state index contributed by atoms with van der Waals surface area (Å²) in [5.41, 5.74) is 5.84. The van der Waals surface area contributed by atoms with Gasteiger partial charge in [-0.05, 0) is 54.1 Å². The molecule has 2 aromatic rings. The number of pyridine rings is 1. The molecule has 0 radical (unpaired) electrons. The van der Waals surface area contributed by atoms with Crippen LogP contribution in [0.25, 0.3) is 5.57 Å². The average Bonchev–Trinajstić information content (AvgIpc) is 3.00. The molecule has 0 fully saturated rings. The number of benzene rings is 1. The molecule has 4 aliphatic rings. The molecule has 31 heavy (non-hydrogen) atoms. The highest BCUT2D eigenvalue weighted by molar-refractivity contribution is 6.08. The van der Waals surface area contributed by atoms with Crippen LogP contribution in [0.1, 0.15) is 52.4 Å². The molecule has 1 aromatic heterocycles. The molecule has 0 amide bonds. The summed E-state index contributed by atoms with van der Waals surface area (Å²) >= 11 is 0. The Kier molecular flexibility index (Phi) is 3.73. The summed E-state index contributed by atoms with van der Waals surface area (Å²) in [6.45, 7) is 2.04. The Morgan fingerprint density at radius 2 is 2.06 bits per heavy atom. The van der Waals surface area contributed by atoms with Gasteiger partial charge in [-0.1, -0.05) is 6.08 Å². The number of halogens is 1. The number of cyclic esters (lactones) is 1. The molecule has 0 saturated carbocycles. The van der Waals surface area contributed by atoms with E-state index < -0.39 is 12.0 Å². The fourth-order valence-corrected chi connectivity index (χ4v) is 5.35. The smallest absolute Gasteiger partial charge is 0.339 e. The summed E-state index contributed by atoms with van der Waals surface area (Å²) in [5, 5.41) is 2.89. The molecule has 2 atom stereocenters. The number of nitroso groups, excluding NO2 is 1. The van der Waals surface area contributed by atoms with Crippen LogP contribution in [0, 0.1) is 23.6 Å². The molecule has 3 aliphatic heterocycles. The molecule has 6 rings (SSSR count). The first kappa shape index (κ1) is 18.4. The minimum atomic E-state index is -1.36. The van der Waals surface area contributed by atoms with Gasteiger partial charge in [-0.25, -0.2) is 14.2 Å². The number of fused-ring (bicyclic) bond motifs is 4. The van der Waals surface area contributed by atoms with Crippen molar-refractivity contribution < 1.29 is 13.9 Å². The summed E-state index contributed by atoms with van der Waals surface area (Å²) in [4.78, 5) is 41.3. The number of rotatable bonds is 1. The number of carbonyl (C=O) groups is 1. The summed E-state index contributed by atoms with van der Waals surface area (Å²) in [7, 11) is 0. The van der Waals surface area contributed by atoms with E-state index >= 15 is 0 Å². The number of ether oxygens (including phenoxy) is 1. The standard InChI is InChI=1S/C23H18FN3O4/c1-10-13-4-2-3-11-5-12-8-27-18(20(12)25-17(19(11)13)7-16(10)24)6-14-15(22(27)28)9-31-23(29)21(14)26-30/h5-7,12,21H,2-4,8-9H2,1H3. The highest BCUT2D eigenvalue weighted by Gasteiger charge is 2.39. The Labute approximate surface area is 176 Å². The summed E-state index contributed by atoms with van der Waals surface area (Å²) < 4.78 is 21.3. The van der Waals surface area contributed by atoms with Gasteiger partial charge in [-0.3, -0.25) is 4.79 Å². The van der Waals surface area contributed by atoms with Crippen LogP contribution in [0.15, 0.2) is 33.2 Å². The van der Waals surface area contributed by atoms with Crippen LogP contribution in [-0.2, 0) is 29.1 Å². The molecule has 0 spiro atoms. The zero-order chi connectivity index (χ0) is 21.4. The average molecular weight is 419 g/mol. The molecule has 8 heteroatoms. The number of hydrogen-bond acceptors (Lipinski definition) is 6. The van der Waals surface area contributed by atoms with Gasteiger partial charge in [0.05, 0.1) is 22.7 Å². The maximum absolute atomic E-state index is 14.7. The number of allylic oxidation sites excluding steroid dienone is 2. The summed E-state index contributed by atoms with van der Waals surface area (Å²) in [6.07, 6.45) is 4.79. The maximum Gasteiger partial charge on any atom is 0.339 e. The van der Waals surface area contributed by atoms with Crippen molar-refractivity contribution in [2.45, 2.75) is 45.4 Å². The molecule has 1 aromatic carbocycles. The Balaban J connectivity index is 1.61. The van der Waals surface area contributed by atoms with Gasteiger partial charge in [0.2, 0.25) is 6.04 Å². The van der Waals surface area contributed by atoms with Crippen LogP contribution < -0.4 is 5.56 Å². The SMILES string of the molecule is Cc1c(F)cc2c3c1CCCC3=CC1Cn3c(cc4c(c3=O)COC(=O)C4N=O)C1=N2. The molecule has 0 N–H and O–H groups in total. The van der Waals surface area contributed by atoms with Gasteiger partial charge >= 0.3 is 5.97 Å². The second-order valence-electron chi connectivity index (χ2n) is 8.50. The Morgan fingerprint density at radius 1 is 1.23 bits per heavy atom. The molecule has 0 saturated heterocycles. The number of hydrogen-bond donors (Lipinski definition) is 0. The van der Waals surface area contributed by atoms with E-state index in [0.29, 0.717) is 29.2 Å². The van der Waals surface area contributed by atoms with Crippen molar-refractivity contribution in [3.63, 3.8) is 0 Å². The van der Waals surface area contributed by atoms with Crippen molar-refractivity contribution in [1.29, 1.82) is 0 Å². The van der Waals surface area contributed by atoms with Crippen molar-refractivity contribution in [3.05, 3.63) is 72.8 Å². The predicted octanol–water partition coefficient (Wildman–Crippen LogP) is 3.64. The van der Waals surface area contributed by atoms with E-state index in [4.69, 9.17) is 9.73 Å². The first-order chi connectivity index (χ1) is 15.0. The molecule has 7 nitrogen and oxygen atoms in total. The monoisotopic (exact) mass is 419 g/mol. The zero-order valence-electron chi connectivity index (χ0n) is 16.8. The lowest BCUT2D eigenvalue weighted by molar-refractivity contribution is -0.148. The maximum atomic E-state index is 14.7. The van der Waals surface area contributed by atoms with Crippen molar-refractivity contribution >= 4 is 22.9 Å². The number of aliphatic imine (C=N–C) groups is 1. The van der Waals surface area contributed by atoms with Crippen LogP contribution in [0.3, 0.4) is 0 Å². The van der Waals surface area contributed by atoms with Crippen molar-refractivity contribution in [2.24, 2.45) is 16.1 Å². The second-order valence-corrected chi connectivity index (χ2v) is 8.50. The van der Waals surface area contributed by atoms with Crippen LogP contribution in [0.4, 0.5) is 10.1 Å². The van der Waals surface area contributed by atoms with Crippen molar-refractivity contribution in [2.75, 3.05) is 0 Å². The van der Waals surface area contributed by atoms with Crippen LogP contribution >= 0.6 is 0 Å². The van der Waals surface area contributed by atoms with Crippen LogP contribution in [0.5, 0.6) is 0 Å². The van der Waals surface area contributed by atoms with E-state index in [1.807, 2.05) is 0 Å². The van der Waals surface area contributed by atoms with E-state index in [9.17, 15) is 18.9 Å². The quantitative estimate of drug-likeness (QED) is 0.521. The van der Waals surface area contributed by atoms with Crippen molar-refractivity contribution in [1.82, 2.24) is 4.57 Å². The molecule has 2 unspecified atom stereocenters. The van der Waals surface area contributed by atoms with Gasteiger partial charge in [-0.15, -0.1) is 4.91 Å². The van der Waals surface area contributed by atoms with Crippen molar-refractivity contribution in [3.8, 4) is 0 Å². The highest BCUT2D eigenvalue weighted by atomic mass is 19.1. The number of aromatic nitrogens is 1. The lowest BCUT2D eigenvalue weighted by Crippen LogP contribution is -2.32. The Hall–Kier alpha value is -3.42. The third kappa shape index (κ3) is 2.41. The number of esters is 1. The van der Waals surface area contributed by atoms with Gasteiger partial charge in [-0.2, -0.15) is 0 Å². The third-order valence-corrected chi connectivity index (χ3v) is 6.88. The first-order valence-corrected chi connectivity index (χ1v) is 10.4. The molecular formula is C23H18FN3O4. The summed E-state index contributed by atoms with van der Waals surface area (Å²) in [5.74, 6) is -1.19. The van der Waals surface area contributed by atoms with Gasteiger partial charge in [0.15, 0.2) is 0 Å². The second kappa shape index (κ2) is 6.29. The van der Waals surface area contributed by atoms with E-state index in [1.165, 1.54) is 6.07 Å². The summed E-state index contributed by atoms with van der Waals surface area (Å²) in [6, 6.07) is 1.76. The fourth-order valence-electron chi connectivity index (χ4n) is 5.35. The number of carbonyl (C=O) groups excluding carboxylic acids is 1. The van der Waals surface area contributed by atoms with E-state index in [2.05, 4.69) is 11.3 Å². The zero-order valence-corrected chi connectivity index (χ0v) is 16.8. The fraction of sp³-hybridized carbons (Fsp3) is 0.348. The first-order valence-electron chi connectivity index (χ1n) is 10.4. The Bertz CT molecular complexity index is 1340. The Morgan fingerprint density at radius 3 is 2.87 bits per heavy atom. The van der Waals surface area contributed by atoms with Crippen LogP contribution in [0.2, 0.25) is 0 Å². The number of nitrogens with zero attached hydrogens (tertiary/aromatic N) is 3. The topological polar surface area (TPSA) is 90.1 Å². The van der Waals surface area contributed by atoms with E-state index in [-0.39, 0.29) is 35.0 Å². The van der Waals surface area contributed by atoms with Gasteiger partial charge in [0, 0.05) is 29.7 Å². The molecule has 1 aliphatic carbocycles. The highest BCUT2D eigenvalue weighted by Crippen LogP contribution is 2.44. The normalized spacial score (nSPS) is 22.8. The van der Waals surface area contributed by atoms with Crippen LogP contribution in [-0.4, -0.2) is 16.2 Å². The van der Waals surface area contributed by atoms with Gasteiger partial charge < -0.3 is 9.30 Å². The van der Waals surface area contributed by atoms with E-state index in [0.717, 1.165) is 36.0 Å². The lowest BCUT2D eigenvalue weighted by atomic mass is 9.82. The van der Waals surface area contributed by atoms with Gasteiger partial charge in [0.25, 0.3) is 5.56 Å².